The predicted molar refractivity (Wildman–Crippen MR) is 95.6 cm³/mol. The second kappa shape index (κ2) is 9.23. The molecule has 0 saturated carbocycles. The van der Waals surface area contributed by atoms with Crippen molar-refractivity contribution in [2.24, 2.45) is 0 Å². The van der Waals surface area contributed by atoms with Crippen molar-refractivity contribution in [3.8, 4) is 0 Å². The average molecular weight is 329 g/mol. The average Bonchev–Trinajstić information content (AvgIpc) is 2.64. The van der Waals surface area contributed by atoms with Gasteiger partial charge in [-0.25, -0.2) is 0 Å². The molecule has 5 heteroatoms. The minimum Gasteiger partial charge on any atom is -0.351 e. The van der Waals surface area contributed by atoms with Gasteiger partial charge in [0, 0.05) is 39.1 Å². The fraction of sp³-hybridized carbons (Fsp3) is 0.474. The number of carbonyl (C=O) groups is 2. The number of carbonyl (C=O) groups excluding carboxylic acids is 2. The van der Waals surface area contributed by atoms with Gasteiger partial charge in [-0.15, -0.1) is 6.58 Å². The topological polar surface area (TPSA) is 52.7 Å². The van der Waals surface area contributed by atoms with Crippen LogP contribution in [0.5, 0.6) is 0 Å². The van der Waals surface area contributed by atoms with Crippen LogP contribution in [0.4, 0.5) is 0 Å². The maximum Gasteiger partial charge on any atom is 0.237 e. The van der Waals surface area contributed by atoms with Gasteiger partial charge in [-0.05, 0) is 18.9 Å². The molecule has 2 amide bonds. The number of hydrogen-bond donors (Lipinski definition) is 1. The molecule has 2 rings (SSSR count). The molecule has 1 atom stereocenters. The molecular formula is C19H27N3O2. The number of rotatable bonds is 7. The molecule has 1 heterocycles. The van der Waals surface area contributed by atoms with Crippen molar-refractivity contribution in [1.29, 1.82) is 0 Å². The van der Waals surface area contributed by atoms with Gasteiger partial charge in [0.05, 0.1) is 6.04 Å². The minimum absolute atomic E-state index is 0.0127. The zero-order valence-corrected chi connectivity index (χ0v) is 14.4. The van der Waals surface area contributed by atoms with Crippen LogP contribution in [0.15, 0.2) is 43.0 Å². The maximum atomic E-state index is 12.3. The third-order valence-electron chi connectivity index (χ3n) is 4.49. The summed E-state index contributed by atoms with van der Waals surface area (Å²) in [6, 6.07) is 9.90. The van der Waals surface area contributed by atoms with Crippen molar-refractivity contribution < 1.29 is 9.59 Å². The number of nitrogens with zero attached hydrogens (tertiary/aromatic N) is 2. The van der Waals surface area contributed by atoms with Gasteiger partial charge in [0.15, 0.2) is 0 Å². The van der Waals surface area contributed by atoms with E-state index < -0.39 is 0 Å². The molecule has 1 N–H and O–H groups in total. The van der Waals surface area contributed by atoms with Crippen LogP contribution in [-0.4, -0.2) is 60.4 Å². The van der Waals surface area contributed by atoms with E-state index in [1.807, 2.05) is 30.0 Å². The largest absolute Gasteiger partial charge is 0.351 e. The lowest BCUT2D eigenvalue weighted by Crippen LogP contribution is -2.55. The van der Waals surface area contributed by atoms with Crippen LogP contribution >= 0.6 is 0 Å². The van der Waals surface area contributed by atoms with Crippen molar-refractivity contribution in [2.75, 3.05) is 32.7 Å². The number of aryl methyl sites for hydroxylation is 1. The first kappa shape index (κ1) is 18.2. The van der Waals surface area contributed by atoms with Crippen molar-refractivity contribution in [1.82, 2.24) is 15.1 Å². The molecule has 1 fully saturated rings. The van der Waals surface area contributed by atoms with Crippen LogP contribution in [0.2, 0.25) is 0 Å². The first-order valence-corrected chi connectivity index (χ1v) is 8.56. The van der Waals surface area contributed by atoms with Gasteiger partial charge < -0.3 is 10.2 Å². The van der Waals surface area contributed by atoms with Crippen molar-refractivity contribution >= 4 is 11.8 Å². The summed E-state index contributed by atoms with van der Waals surface area (Å²) < 4.78 is 0. The molecule has 0 unspecified atom stereocenters. The Morgan fingerprint density at radius 3 is 2.50 bits per heavy atom. The van der Waals surface area contributed by atoms with E-state index in [9.17, 15) is 9.59 Å². The van der Waals surface area contributed by atoms with Crippen molar-refractivity contribution in [2.45, 2.75) is 25.8 Å². The fourth-order valence-corrected chi connectivity index (χ4v) is 2.90. The van der Waals surface area contributed by atoms with E-state index in [1.54, 1.807) is 6.08 Å². The normalized spacial score (nSPS) is 16.5. The highest BCUT2D eigenvalue weighted by Gasteiger charge is 2.26. The quantitative estimate of drug-likeness (QED) is 0.771. The summed E-state index contributed by atoms with van der Waals surface area (Å²) in [5.41, 5.74) is 1.19. The van der Waals surface area contributed by atoms with E-state index in [1.165, 1.54) is 5.56 Å². The first-order valence-electron chi connectivity index (χ1n) is 8.56. The molecule has 0 aromatic heterocycles. The Balaban J connectivity index is 1.74. The summed E-state index contributed by atoms with van der Waals surface area (Å²) in [5.74, 6) is 0.209. The van der Waals surface area contributed by atoms with Crippen molar-refractivity contribution in [3.05, 3.63) is 48.6 Å². The van der Waals surface area contributed by atoms with Gasteiger partial charge >= 0.3 is 0 Å². The third kappa shape index (κ3) is 5.20. The number of piperazine rings is 1. The molecule has 130 valence electrons. The molecule has 1 aliphatic rings. The highest BCUT2D eigenvalue weighted by molar-refractivity contribution is 5.81. The Kier molecular flexibility index (Phi) is 7.00. The Labute approximate surface area is 144 Å². The van der Waals surface area contributed by atoms with Crippen molar-refractivity contribution in [3.63, 3.8) is 0 Å². The van der Waals surface area contributed by atoms with E-state index in [0.717, 1.165) is 19.5 Å². The molecular weight excluding hydrogens is 302 g/mol. The van der Waals surface area contributed by atoms with E-state index >= 15 is 0 Å². The van der Waals surface area contributed by atoms with E-state index in [-0.39, 0.29) is 17.9 Å². The highest BCUT2D eigenvalue weighted by atomic mass is 16.2. The summed E-state index contributed by atoms with van der Waals surface area (Å²) >= 11 is 0. The number of benzene rings is 1. The lowest BCUT2D eigenvalue weighted by molar-refractivity contribution is -0.134. The van der Waals surface area contributed by atoms with Gasteiger partial charge in [0.2, 0.25) is 11.8 Å². The Bertz CT molecular complexity index is 551. The van der Waals surface area contributed by atoms with Crippen LogP contribution in [0.1, 0.15) is 18.9 Å². The zero-order valence-electron chi connectivity index (χ0n) is 14.4. The van der Waals surface area contributed by atoms with Crippen LogP contribution < -0.4 is 5.32 Å². The number of nitrogens with one attached hydrogen (secondary N) is 1. The summed E-state index contributed by atoms with van der Waals surface area (Å²) in [5, 5.41) is 2.82. The SMILES string of the molecule is C=CCNC(=O)[C@@H](C)N1CCN(C(=O)CCc2ccccc2)CC1. The van der Waals surface area contributed by atoms with Crippen LogP contribution in [0.25, 0.3) is 0 Å². The first-order chi connectivity index (χ1) is 11.6. The van der Waals surface area contributed by atoms with Crippen LogP contribution in [0, 0.1) is 0 Å². The Morgan fingerprint density at radius 2 is 1.88 bits per heavy atom. The lowest BCUT2D eigenvalue weighted by atomic mass is 10.1. The number of amides is 2. The van der Waals surface area contributed by atoms with Crippen LogP contribution in [-0.2, 0) is 16.0 Å². The molecule has 1 aliphatic heterocycles. The predicted octanol–water partition coefficient (Wildman–Crippen LogP) is 1.45. The monoisotopic (exact) mass is 329 g/mol. The van der Waals surface area contributed by atoms with Gasteiger partial charge in [-0.1, -0.05) is 36.4 Å². The summed E-state index contributed by atoms with van der Waals surface area (Å²) in [4.78, 5) is 28.4. The highest BCUT2D eigenvalue weighted by Crippen LogP contribution is 2.10. The third-order valence-corrected chi connectivity index (χ3v) is 4.49. The zero-order chi connectivity index (χ0) is 17.4. The molecule has 0 spiro atoms. The Hall–Kier alpha value is -2.14. The second-order valence-corrected chi connectivity index (χ2v) is 6.11. The molecule has 0 radical (unpaired) electrons. The van der Waals surface area contributed by atoms with E-state index in [4.69, 9.17) is 0 Å². The van der Waals surface area contributed by atoms with Gasteiger partial charge in [-0.3, -0.25) is 14.5 Å². The second-order valence-electron chi connectivity index (χ2n) is 6.11. The van der Waals surface area contributed by atoms with E-state index in [2.05, 4.69) is 28.9 Å². The molecule has 0 aliphatic carbocycles. The van der Waals surface area contributed by atoms with Crippen LogP contribution in [0.3, 0.4) is 0 Å². The maximum absolute atomic E-state index is 12.3. The Morgan fingerprint density at radius 1 is 1.21 bits per heavy atom. The van der Waals surface area contributed by atoms with Gasteiger partial charge in [0.1, 0.15) is 0 Å². The van der Waals surface area contributed by atoms with E-state index in [0.29, 0.717) is 26.1 Å². The minimum atomic E-state index is -0.175. The molecule has 5 nitrogen and oxygen atoms in total. The molecule has 0 bridgehead atoms. The smallest absolute Gasteiger partial charge is 0.237 e. The van der Waals surface area contributed by atoms with Gasteiger partial charge in [0.25, 0.3) is 0 Å². The summed E-state index contributed by atoms with van der Waals surface area (Å²) in [6.45, 7) is 8.84. The summed E-state index contributed by atoms with van der Waals surface area (Å²) in [6.07, 6.45) is 2.99. The standard InChI is InChI=1S/C19H27N3O2/c1-3-11-20-19(24)16(2)21-12-14-22(15-13-21)18(23)10-9-17-7-5-4-6-8-17/h3-8,16H,1,9-15H2,2H3,(H,20,24)/t16-/m1/s1. The van der Waals surface area contributed by atoms with Gasteiger partial charge in [-0.2, -0.15) is 0 Å². The summed E-state index contributed by atoms with van der Waals surface area (Å²) in [7, 11) is 0. The molecule has 24 heavy (non-hydrogen) atoms. The molecule has 1 aromatic rings. The lowest BCUT2D eigenvalue weighted by Gasteiger charge is -2.37. The molecule has 1 saturated heterocycles. The number of hydrogen-bond acceptors (Lipinski definition) is 3. The molecule has 1 aromatic carbocycles. The fourth-order valence-electron chi connectivity index (χ4n) is 2.90.